The first-order valence-electron chi connectivity index (χ1n) is 14.9. The Labute approximate surface area is 243 Å². The van der Waals surface area contributed by atoms with Crippen molar-refractivity contribution < 1.29 is 0 Å². The Balaban J connectivity index is 0.00000216. The number of nitrogens with zero attached hydrogens (tertiary/aromatic N) is 4. The van der Waals surface area contributed by atoms with E-state index in [1.165, 1.54) is 57.4 Å². The van der Waals surface area contributed by atoms with Gasteiger partial charge in [-0.15, -0.1) is 0 Å². The lowest BCUT2D eigenvalue weighted by molar-refractivity contribution is 0.172. The molecule has 0 amide bonds. The summed E-state index contributed by atoms with van der Waals surface area (Å²) in [6, 6.07) is 8.79. The van der Waals surface area contributed by atoms with E-state index in [1.807, 2.05) is 40.2 Å². The largest absolute Gasteiger partial charge is 0.355 e. The van der Waals surface area contributed by atoms with Crippen LogP contribution < -0.4 is 5.32 Å². The third-order valence-electron chi connectivity index (χ3n) is 7.47. The Hall–Kier alpha value is -3.28. The second-order valence-electron chi connectivity index (χ2n) is 10.5. The lowest BCUT2D eigenvalue weighted by Gasteiger charge is -2.30. The molecule has 2 aliphatic rings. The van der Waals surface area contributed by atoms with Gasteiger partial charge in [0.2, 0.25) is 0 Å². The molecule has 1 N–H and O–H groups in total. The first-order valence-corrected chi connectivity index (χ1v) is 14.9. The van der Waals surface area contributed by atoms with E-state index in [1.54, 1.807) is 0 Å². The normalized spacial score (nSPS) is 16.7. The van der Waals surface area contributed by atoms with E-state index in [2.05, 4.69) is 87.7 Å². The molecule has 0 radical (unpaired) electrons. The maximum atomic E-state index is 4.65. The van der Waals surface area contributed by atoms with Gasteiger partial charge in [-0.25, -0.2) is 0 Å². The van der Waals surface area contributed by atoms with E-state index >= 15 is 0 Å². The topological polar surface area (TPSA) is 43.8 Å². The van der Waals surface area contributed by atoms with Crippen molar-refractivity contribution in [2.45, 2.75) is 59.9 Å². The quantitative estimate of drug-likeness (QED) is 0.240. The van der Waals surface area contributed by atoms with Gasteiger partial charge >= 0.3 is 0 Å². The molecule has 0 bridgehead atoms. The summed E-state index contributed by atoms with van der Waals surface area (Å²) >= 11 is 0. The van der Waals surface area contributed by atoms with Crippen molar-refractivity contribution in [3.05, 3.63) is 102 Å². The Bertz CT molecular complexity index is 1230. The average molecular weight is 540 g/mol. The van der Waals surface area contributed by atoms with Crippen molar-refractivity contribution in [2.24, 2.45) is 4.99 Å². The zero-order valence-electron chi connectivity index (χ0n) is 25.5. The van der Waals surface area contributed by atoms with Crippen molar-refractivity contribution in [3.8, 4) is 11.1 Å². The minimum absolute atomic E-state index is 0.775. The van der Waals surface area contributed by atoms with Gasteiger partial charge in [0.25, 0.3) is 0 Å². The number of pyridine rings is 1. The van der Waals surface area contributed by atoms with E-state index < -0.39 is 0 Å². The van der Waals surface area contributed by atoms with Crippen molar-refractivity contribution in [2.75, 3.05) is 39.8 Å². The summed E-state index contributed by atoms with van der Waals surface area (Å²) in [4.78, 5) is 14.1. The molecule has 0 atom stereocenters. The molecule has 0 spiro atoms. The molecule has 0 unspecified atom stereocenters. The van der Waals surface area contributed by atoms with Gasteiger partial charge in [0.05, 0.1) is 11.4 Å². The Morgan fingerprint density at radius 3 is 2.33 bits per heavy atom. The number of likely N-dealkylation sites (tertiary alicyclic amines) is 2. The molecule has 2 fully saturated rings. The highest BCUT2D eigenvalue weighted by Gasteiger charge is 2.16. The van der Waals surface area contributed by atoms with E-state index in [0.29, 0.717) is 0 Å². The number of hydrogen-bond donors (Lipinski definition) is 1. The summed E-state index contributed by atoms with van der Waals surface area (Å²) < 4.78 is 0. The molecule has 0 saturated carbocycles. The van der Waals surface area contributed by atoms with Gasteiger partial charge in [0.15, 0.2) is 0 Å². The summed E-state index contributed by atoms with van der Waals surface area (Å²) in [6.45, 7) is 23.4. The van der Waals surface area contributed by atoms with E-state index in [0.717, 1.165) is 58.0 Å². The SMILES string of the molecule is C=C(/C=C\C(=C/C)NC(=C)C(=NC)c1cc(-c2cncc(CN3CCC3)c2)ccc1C)CN1CCCCC1.CC. The summed E-state index contributed by atoms with van der Waals surface area (Å²) in [6.07, 6.45) is 15.4. The molecule has 5 heteroatoms. The molecule has 0 aliphatic carbocycles. The third-order valence-corrected chi connectivity index (χ3v) is 7.47. The number of aliphatic imine (C=N–C) groups is 1. The van der Waals surface area contributed by atoms with Crippen LogP contribution in [0.25, 0.3) is 11.1 Å². The molecule has 2 aliphatic heterocycles. The predicted octanol–water partition coefficient (Wildman–Crippen LogP) is 7.31. The maximum Gasteiger partial charge on any atom is 0.0874 e. The van der Waals surface area contributed by atoms with Crippen LogP contribution in [0.15, 0.2) is 90.0 Å². The number of aryl methyl sites for hydroxylation is 1. The fraction of sp³-hybridized carbons (Fsp3) is 0.429. The summed E-state index contributed by atoms with van der Waals surface area (Å²) in [5.74, 6) is 0. The molecule has 1 aromatic carbocycles. The van der Waals surface area contributed by atoms with Crippen molar-refractivity contribution >= 4 is 5.71 Å². The predicted molar refractivity (Wildman–Crippen MR) is 173 cm³/mol. The number of nitrogens with one attached hydrogen (secondary N) is 1. The first kappa shape index (κ1) is 31.3. The van der Waals surface area contributed by atoms with Gasteiger partial charge in [0.1, 0.15) is 0 Å². The molecule has 2 aromatic rings. The number of piperidine rings is 1. The first-order chi connectivity index (χ1) is 19.5. The minimum atomic E-state index is 0.775. The van der Waals surface area contributed by atoms with Crippen LogP contribution in [-0.2, 0) is 6.54 Å². The molecule has 2 saturated heterocycles. The highest BCUT2D eigenvalue weighted by Crippen LogP contribution is 2.25. The van der Waals surface area contributed by atoms with Crippen LogP contribution in [0, 0.1) is 6.92 Å². The molecule has 214 valence electrons. The van der Waals surface area contributed by atoms with Gasteiger partial charge < -0.3 is 5.32 Å². The minimum Gasteiger partial charge on any atom is -0.355 e. The molecule has 4 rings (SSSR count). The summed E-state index contributed by atoms with van der Waals surface area (Å²) in [7, 11) is 1.83. The third kappa shape index (κ3) is 8.87. The highest BCUT2D eigenvalue weighted by atomic mass is 15.2. The van der Waals surface area contributed by atoms with E-state index in [-0.39, 0.29) is 0 Å². The number of aromatic nitrogens is 1. The highest BCUT2D eigenvalue weighted by molar-refractivity contribution is 6.13. The number of rotatable bonds is 11. The lowest BCUT2D eigenvalue weighted by atomic mass is 9.96. The maximum absolute atomic E-state index is 4.65. The Kier molecular flexibility index (Phi) is 12.6. The van der Waals surface area contributed by atoms with Gasteiger partial charge in [0, 0.05) is 49.4 Å². The molecule has 5 nitrogen and oxygen atoms in total. The molecular formula is C35H49N5. The second kappa shape index (κ2) is 16.1. The van der Waals surface area contributed by atoms with Crippen LogP contribution in [0.4, 0.5) is 0 Å². The monoisotopic (exact) mass is 539 g/mol. The fourth-order valence-electron chi connectivity index (χ4n) is 5.11. The lowest BCUT2D eigenvalue weighted by Crippen LogP contribution is -2.36. The number of hydrogen-bond acceptors (Lipinski definition) is 5. The van der Waals surface area contributed by atoms with Gasteiger partial charge in [-0.2, -0.15) is 0 Å². The van der Waals surface area contributed by atoms with E-state index in [9.17, 15) is 0 Å². The van der Waals surface area contributed by atoms with Crippen molar-refractivity contribution in [1.29, 1.82) is 0 Å². The van der Waals surface area contributed by atoms with Gasteiger partial charge in [-0.3, -0.25) is 19.8 Å². The number of benzene rings is 1. The van der Waals surface area contributed by atoms with Crippen LogP contribution in [-0.4, -0.2) is 60.3 Å². The van der Waals surface area contributed by atoms with Crippen LogP contribution in [0.1, 0.15) is 63.1 Å². The van der Waals surface area contributed by atoms with Gasteiger partial charge in [-0.05, 0) is 99.8 Å². The van der Waals surface area contributed by atoms with Crippen LogP contribution in [0.2, 0.25) is 0 Å². The van der Waals surface area contributed by atoms with Gasteiger partial charge in [-0.1, -0.05) is 57.7 Å². The summed E-state index contributed by atoms with van der Waals surface area (Å²) in [5.41, 5.74) is 9.49. The van der Waals surface area contributed by atoms with Crippen LogP contribution in [0.3, 0.4) is 0 Å². The Morgan fingerprint density at radius 1 is 0.950 bits per heavy atom. The Morgan fingerprint density at radius 2 is 1.68 bits per heavy atom. The van der Waals surface area contributed by atoms with Crippen LogP contribution in [0.5, 0.6) is 0 Å². The summed E-state index contributed by atoms with van der Waals surface area (Å²) in [5, 5.41) is 3.48. The second-order valence-corrected chi connectivity index (χ2v) is 10.5. The van der Waals surface area contributed by atoms with Crippen molar-refractivity contribution in [1.82, 2.24) is 20.1 Å². The van der Waals surface area contributed by atoms with Crippen LogP contribution >= 0.6 is 0 Å². The van der Waals surface area contributed by atoms with E-state index in [4.69, 9.17) is 0 Å². The van der Waals surface area contributed by atoms with Crippen molar-refractivity contribution in [3.63, 3.8) is 0 Å². The smallest absolute Gasteiger partial charge is 0.0874 e. The standard InChI is InChI=1S/C33H43N5.C2H6/c1-6-31(14-11-25(2)23-37-15-8-7-9-16-37)36-27(4)33(34-5)32-20-29(13-12-26(32)3)30-19-28(21-35-22-30)24-38-17-10-18-38;1-2/h6,11-14,19-22,36H,2,4,7-10,15-18,23-24H2,1,3,5H3;1-2H3/b14-11-,31-6+,34-33?;. The fourth-order valence-corrected chi connectivity index (χ4v) is 5.11. The molecule has 1 aromatic heterocycles. The number of allylic oxidation sites excluding steroid dienone is 3. The average Bonchev–Trinajstić information content (AvgIpc) is 2.96. The zero-order chi connectivity index (χ0) is 28.9. The zero-order valence-corrected chi connectivity index (χ0v) is 25.5. The molecule has 3 heterocycles. The molecule has 40 heavy (non-hydrogen) atoms. The molecular weight excluding hydrogens is 490 g/mol.